The summed E-state index contributed by atoms with van der Waals surface area (Å²) in [7, 11) is 0. The molecule has 0 bridgehead atoms. The van der Waals surface area contributed by atoms with Crippen molar-refractivity contribution in [2.75, 3.05) is 0 Å². The minimum atomic E-state index is 0.00677. The second-order valence-electron chi connectivity index (χ2n) is 5.60. The van der Waals surface area contributed by atoms with E-state index in [1.165, 1.54) is 11.8 Å². The average Bonchev–Trinajstić information content (AvgIpc) is 2.74. The molecule has 0 atom stereocenters. The second kappa shape index (κ2) is 4.45. The fraction of sp³-hybridized carbons (Fsp3) is 0.312. The number of carbonyl (C=O) groups excluding carboxylic acids is 1. The Morgan fingerprint density at radius 1 is 1.06 bits per heavy atom. The van der Waals surface area contributed by atoms with Crippen molar-refractivity contribution in [2.45, 2.75) is 33.1 Å². The van der Waals surface area contributed by atoms with Crippen LogP contribution in [-0.2, 0) is 5.41 Å². The number of hydrogen-bond donors (Lipinski definition) is 0. The minimum Gasteiger partial charge on any atom is -0.469 e. The van der Waals surface area contributed by atoms with E-state index >= 15 is 0 Å². The van der Waals surface area contributed by atoms with Gasteiger partial charge in [0.1, 0.15) is 12.0 Å². The Hall–Kier alpha value is -1.83. The van der Waals surface area contributed by atoms with Crippen molar-refractivity contribution in [2.24, 2.45) is 0 Å². The summed E-state index contributed by atoms with van der Waals surface area (Å²) in [6.45, 7) is 8.30. The molecule has 2 aromatic rings. The van der Waals surface area contributed by atoms with Gasteiger partial charge in [0, 0.05) is 5.56 Å². The Balaban J connectivity index is 2.28. The molecule has 2 heteroatoms. The van der Waals surface area contributed by atoms with Crippen LogP contribution in [0.1, 0.15) is 48.0 Å². The predicted molar refractivity (Wildman–Crippen MR) is 72.0 cm³/mol. The fourth-order valence-corrected chi connectivity index (χ4v) is 1.85. The van der Waals surface area contributed by atoms with Crippen molar-refractivity contribution in [3.05, 3.63) is 59.0 Å². The van der Waals surface area contributed by atoms with Gasteiger partial charge in [0.25, 0.3) is 0 Å². The lowest BCUT2D eigenvalue weighted by molar-refractivity contribution is 0.103. The summed E-state index contributed by atoms with van der Waals surface area (Å²) in [5.74, 6) is 0.761. The van der Waals surface area contributed by atoms with Crippen molar-refractivity contribution >= 4 is 5.78 Å². The van der Waals surface area contributed by atoms with Gasteiger partial charge in [-0.05, 0) is 24.0 Å². The molecule has 0 saturated heterocycles. The van der Waals surface area contributed by atoms with Gasteiger partial charge in [-0.15, -0.1) is 0 Å². The van der Waals surface area contributed by atoms with Crippen LogP contribution in [-0.4, -0.2) is 5.78 Å². The van der Waals surface area contributed by atoms with Crippen molar-refractivity contribution in [3.8, 4) is 0 Å². The van der Waals surface area contributed by atoms with E-state index in [4.69, 9.17) is 4.42 Å². The Kier molecular flexibility index (Phi) is 3.12. The molecule has 0 fully saturated rings. The van der Waals surface area contributed by atoms with Crippen molar-refractivity contribution < 1.29 is 9.21 Å². The number of aryl methyl sites for hydroxylation is 1. The fourth-order valence-electron chi connectivity index (χ4n) is 1.85. The van der Waals surface area contributed by atoms with Crippen molar-refractivity contribution in [1.82, 2.24) is 0 Å². The highest BCUT2D eigenvalue weighted by Crippen LogP contribution is 2.23. The number of furan rings is 1. The Morgan fingerprint density at radius 3 is 2.11 bits per heavy atom. The predicted octanol–water partition coefficient (Wildman–Crippen LogP) is 4.12. The summed E-state index contributed by atoms with van der Waals surface area (Å²) in [4.78, 5) is 12.2. The number of hydrogen-bond acceptors (Lipinski definition) is 2. The quantitative estimate of drug-likeness (QED) is 0.742. The Bertz CT molecular complexity index is 554. The maximum atomic E-state index is 12.2. The topological polar surface area (TPSA) is 30.2 Å². The zero-order chi connectivity index (χ0) is 13.3. The summed E-state index contributed by atoms with van der Waals surface area (Å²) in [6.07, 6.45) is 1.51. The molecular formula is C16H18O2. The summed E-state index contributed by atoms with van der Waals surface area (Å²) >= 11 is 0. The largest absolute Gasteiger partial charge is 0.469 e. The molecule has 1 aromatic heterocycles. The SMILES string of the molecule is Cc1cc(C(=O)c2ccc(C(C)(C)C)cc2)co1. The Labute approximate surface area is 108 Å². The molecule has 0 radical (unpaired) electrons. The average molecular weight is 242 g/mol. The Morgan fingerprint density at radius 2 is 1.67 bits per heavy atom. The summed E-state index contributed by atoms with van der Waals surface area (Å²) < 4.78 is 5.16. The van der Waals surface area contributed by atoms with Gasteiger partial charge < -0.3 is 4.42 Å². The molecule has 2 rings (SSSR count). The lowest BCUT2D eigenvalue weighted by Gasteiger charge is -2.18. The molecule has 0 spiro atoms. The third kappa shape index (κ3) is 2.53. The molecule has 0 N–H and O–H groups in total. The standard InChI is InChI=1S/C16H18O2/c1-11-9-13(10-18-11)15(17)12-5-7-14(8-6-12)16(2,3)4/h5-10H,1-4H3. The van der Waals surface area contributed by atoms with E-state index in [1.54, 1.807) is 6.07 Å². The molecule has 18 heavy (non-hydrogen) atoms. The van der Waals surface area contributed by atoms with Gasteiger partial charge in [0.2, 0.25) is 0 Å². The van der Waals surface area contributed by atoms with Crippen LogP contribution in [0.4, 0.5) is 0 Å². The first-order valence-corrected chi connectivity index (χ1v) is 6.08. The zero-order valence-corrected chi connectivity index (χ0v) is 11.3. The third-order valence-electron chi connectivity index (χ3n) is 3.01. The number of rotatable bonds is 2. The first kappa shape index (κ1) is 12.6. The van der Waals surface area contributed by atoms with Gasteiger partial charge >= 0.3 is 0 Å². The minimum absolute atomic E-state index is 0.00677. The molecule has 0 aliphatic carbocycles. The molecule has 0 aliphatic heterocycles. The number of ketones is 1. The monoisotopic (exact) mass is 242 g/mol. The van der Waals surface area contributed by atoms with E-state index in [-0.39, 0.29) is 11.2 Å². The highest BCUT2D eigenvalue weighted by Gasteiger charge is 2.15. The van der Waals surface area contributed by atoms with Crippen LogP contribution in [0.3, 0.4) is 0 Å². The van der Waals surface area contributed by atoms with Gasteiger partial charge in [-0.3, -0.25) is 4.79 Å². The van der Waals surface area contributed by atoms with Gasteiger partial charge in [-0.1, -0.05) is 45.0 Å². The van der Waals surface area contributed by atoms with Crippen LogP contribution < -0.4 is 0 Å². The van der Waals surface area contributed by atoms with E-state index in [9.17, 15) is 4.79 Å². The van der Waals surface area contributed by atoms with Gasteiger partial charge in [-0.25, -0.2) is 0 Å². The summed E-state index contributed by atoms with van der Waals surface area (Å²) in [5.41, 5.74) is 2.63. The van der Waals surface area contributed by atoms with E-state index in [1.807, 2.05) is 31.2 Å². The highest BCUT2D eigenvalue weighted by molar-refractivity contribution is 6.08. The lowest BCUT2D eigenvalue weighted by atomic mass is 9.86. The van der Waals surface area contributed by atoms with Crippen molar-refractivity contribution in [1.29, 1.82) is 0 Å². The number of carbonyl (C=O) groups is 1. The highest BCUT2D eigenvalue weighted by atomic mass is 16.3. The molecule has 0 unspecified atom stereocenters. The maximum Gasteiger partial charge on any atom is 0.196 e. The summed E-state index contributed by atoms with van der Waals surface area (Å²) in [5, 5.41) is 0. The summed E-state index contributed by atoms with van der Waals surface area (Å²) in [6, 6.07) is 9.55. The molecule has 1 heterocycles. The number of benzene rings is 1. The molecule has 0 saturated carbocycles. The van der Waals surface area contributed by atoms with E-state index in [0.717, 1.165) is 5.76 Å². The molecule has 2 nitrogen and oxygen atoms in total. The van der Waals surface area contributed by atoms with Gasteiger partial charge in [0.05, 0.1) is 5.56 Å². The van der Waals surface area contributed by atoms with Crippen LogP contribution in [0, 0.1) is 6.92 Å². The van der Waals surface area contributed by atoms with Gasteiger partial charge in [-0.2, -0.15) is 0 Å². The molecule has 1 aromatic carbocycles. The van der Waals surface area contributed by atoms with Crippen LogP contribution in [0.5, 0.6) is 0 Å². The van der Waals surface area contributed by atoms with Crippen LogP contribution in [0.2, 0.25) is 0 Å². The normalized spacial score (nSPS) is 11.6. The lowest BCUT2D eigenvalue weighted by Crippen LogP contribution is -2.11. The first-order valence-electron chi connectivity index (χ1n) is 6.08. The zero-order valence-electron chi connectivity index (χ0n) is 11.3. The molecular weight excluding hydrogens is 224 g/mol. The van der Waals surface area contributed by atoms with E-state index in [0.29, 0.717) is 11.1 Å². The van der Waals surface area contributed by atoms with E-state index in [2.05, 4.69) is 20.8 Å². The molecule has 0 amide bonds. The van der Waals surface area contributed by atoms with Crippen LogP contribution >= 0.6 is 0 Å². The smallest absolute Gasteiger partial charge is 0.196 e. The van der Waals surface area contributed by atoms with E-state index < -0.39 is 0 Å². The first-order chi connectivity index (χ1) is 8.38. The molecule has 94 valence electrons. The second-order valence-corrected chi connectivity index (χ2v) is 5.60. The van der Waals surface area contributed by atoms with Gasteiger partial charge in [0.15, 0.2) is 5.78 Å². The van der Waals surface area contributed by atoms with Crippen molar-refractivity contribution in [3.63, 3.8) is 0 Å². The maximum absolute atomic E-state index is 12.2. The van der Waals surface area contributed by atoms with Crippen LogP contribution in [0.15, 0.2) is 41.0 Å². The third-order valence-corrected chi connectivity index (χ3v) is 3.01. The molecule has 0 aliphatic rings. The van der Waals surface area contributed by atoms with Crippen LogP contribution in [0.25, 0.3) is 0 Å².